The highest BCUT2D eigenvalue weighted by molar-refractivity contribution is 5.78. The van der Waals surface area contributed by atoms with E-state index in [0.29, 0.717) is 25.4 Å². The number of unbranched alkanes of at least 4 members (excludes halogenated alkanes) is 1. The molecule has 0 bridgehead atoms. The number of furan rings is 1. The summed E-state index contributed by atoms with van der Waals surface area (Å²) in [5, 5.41) is 5.56. The van der Waals surface area contributed by atoms with E-state index in [0.717, 1.165) is 38.0 Å². The van der Waals surface area contributed by atoms with Crippen molar-refractivity contribution in [2.45, 2.75) is 57.9 Å². The molecule has 6 heteroatoms. The van der Waals surface area contributed by atoms with Gasteiger partial charge in [0.1, 0.15) is 5.76 Å². The number of carbonyl (C=O) groups is 2. The van der Waals surface area contributed by atoms with Crippen LogP contribution in [0.5, 0.6) is 0 Å². The van der Waals surface area contributed by atoms with E-state index in [4.69, 9.17) is 4.42 Å². The van der Waals surface area contributed by atoms with Crippen LogP contribution in [-0.2, 0) is 11.3 Å². The lowest BCUT2D eigenvalue weighted by Crippen LogP contribution is -2.39. The van der Waals surface area contributed by atoms with Gasteiger partial charge in [0.15, 0.2) is 0 Å². The second-order valence-electron chi connectivity index (χ2n) is 7.09. The molecule has 1 aliphatic carbocycles. The fourth-order valence-electron chi connectivity index (χ4n) is 3.83. The summed E-state index contributed by atoms with van der Waals surface area (Å²) in [6, 6.07) is 3.40. The van der Waals surface area contributed by atoms with Crippen molar-refractivity contribution < 1.29 is 14.0 Å². The minimum absolute atomic E-state index is 0.209. The predicted molar refractivity (Wildman–Crippen MR) is 99.2 cm³/mol. The Hall–Kier alpha value is -2.24. The predicted octanol–water partition coefficient (Wildman–Crippen LogP) is 3.56. The number of piperidine rings is 1. The lowest BCUT2D eigenvalue weighted by atomic mass is 9.85. The molecule has 3 amide bonds. The maximum Gasteiger partial charge on any atom is 0.315 e. The largest absolute Gasteiger partial charge is 0.467 e. The average molecular weight is 359 g/mol. The average Bonchev–Trinajstić information content (AvgIpc) is 3.19. The highest BCUT2D eigenvalue weighted by Crippen LogP contribution is 2.35. The molecule has 1 saturated heterocycles. The van der Waals surface area contributed by atoms with Crippen molar-refractivity contribution in [3.8, 4) is 0 Å². The molecule has 0 spiro atoms. The smallest absolute Gasteiger partial charge is 0.315 e. The number of carbonyl (C=O) groups excluding carboxylic acids is 2. The zero-order valence-corrected chi connectivity index (χ0v) is 15.3. The second kappa shape index (κ2) is 9.46. The molecule has 1 atom stereocenters. The molecule has 1 fully saturated rings. The van der Waals surface area contributed by atoms with Crippen molar-refractivity contribution in [1.82, 2.24) is 15.5 Å². The molecule has 6 nitrogen and oxygen atoms in total. The monoisotopic (exact) mass is 359 g/mol. The number of likely N-dealkylation sites (tertiary alicyclic amines) is 1. The highest BCUT2D eigenvalue weighted by atomic mass is 16.3. The third-order valence-corrected chi connectivity index (χ3v) is 5.18. The van der Waals surface area contributed by atoms with Gasteiger partial charge in [-0.05, 0) is 63.0 Å². The molecule has 0 aromatic carbocycles. The van der Waals surface area contributed by atoms with Crippen LogP contribution < -0.4 is 10.6 Å². The Balaban J connectivity index is 1.30. The van der Waals surface area contributed by atoms with Gasteiger partial charge < -0.3 is 20.0 Å². The maximum absolute atomic E-state index is 12.6. The van der Waals surface area contributed by atoms with Crippen LogP contribution in [-0.4, -0.2) is 29.9 Å². The fourth-order valence-corrected chi connectivity index (χ4v) is 3.83. The van der Waals surface area contributed by atoms with Gasteiger partial charge in [-0.25, -0.2) is 4.79 Å². The Morgan fingerprint density at radius 2 is 2.08 bits per heavy atom. The summed E-state index contributed by atoms with van der Waals surface area (Å²) < 4.78 is 5.16. The summed E-state index contributed by atoms with van der Waals surface area (Å²) in [5.41, 5.74) is 1.28. The summed E-state index contributed by atoms with van der Waals surface area (Å²) in [4.78, 5) is 26.3. The summed E-state index contributed by atoms with van der Waals surface area (Å²) >= 11 is 0. The molecule has 1 aliphatic heterocycles. The van der Waals surface area contributed by atoms with Crippen molar-refractivity contribution in [1.29, 1.82) is 0 Å². The quantitative estimate of drug-likeness (QED) is 0.731. The lowest BCUT2D eigenvalue weighted by molar-refractivity contribution is -0.130. The molecule has 0 saturated carbocycles. The van der Waals surface area contributed by atoms with Gasteiger partial charge in [-0.3, -0.25) is 4.79 Å². The van der Waals surface area contributed by atoms with E-state index in [1.54, 1.807) is 12.3 Å². The van der Waals surface area contributed by atoms with Crippen LogP contribution in [0.1, 0.15) is 57.1 Å². The van der Waals surface area contributed by atoms with Gasteiger partial charge in [-0.15, -0.1) is 0 Å². The zero-order valence-electron chi connectivity index (χ0n) is 15.3. The van der Waals surface area contributed by atoms with E-state index < -0.39 is 0 Å². The number of allylic oxidation sites excluding steroid dienone is 2. The highest BCUT2D eigenvalue weighted by Gasteiger charge is 2.29. The first-order chi connectivity index (χ1) is 12.7. The number of rotatable bonds is 7. The van der Waals surface area contributed by atoms with Gasteiger partial charge in [-0.2, -0.15) is 0 Å². The molecule has 1 unspecified atom stereocenters. The van der Waals surface area contributed by atoms with Crippen molar-refractivity contribution in [2.75, 3.05) is 13.1 Å². The van der Waals surface area contributed by atoms with Gasteiger partial charge in [0, 0.05) is 25.2 Å². The number of hydrogen-bond acceptors (Lipinski definition) is 3. The molecule has 2 heterocycles. The maximum atomic E-state index is 12.6. The molecule has 2 aliphatic rings. The minimum atomic E-state index is -0.209. The second-order valence-corrected chi connectivity index (χ2v) is 7.09. The molecule has 1 aromatic rings. The van der Waals surface area contributed by atoms with Gasteiger partial charge >= 0.3 is 6.03 Å². The summed E-state index contributed by atoms with van der Waals surface area (Å²) in [6.07, 6.45) is 11.9. The molecule has 2 N–H and O–H groups in total. The Morgan fingerprint density at radius 1 is 1.19 bits per heavy atom. The third kappa shape index (κ3) is 5.13. The molecular weight excluding hydrogens is 330 g/mol. The number of urea groups is 1. The van der Waals surface area contributed by atoms with E-state index in [2.05, 4.69) is 16.7 Å². The Bertz CT molecular complexity index is 624. The molecule has 142 valence electrons. The van der Waals surface area contributed by atoms with Crippen LogP contribution in [0.15, 0.2) is 34.6 Å². The van der Waals surface area contributed by atoms with Crippen molar-refractivity contribution >= 4 is 11.9 Å². The number of nitrogens with one attached hydrogen (secondary N) is 2. The van der Waals surface area contributed by atoms with Crippen LogP contribution in [0.25, 0.3) is 0 Å². The van der Waals surface area contributed by atoms with Gasteiger partial charge in [0.2, 0.25) is 5.91 Å². The molecule has 3 rings (SSSR count). The zero-order chi connectivity index (χ0) is 18.2. The van der Waals surface area contributed by atoms with Crippen molar-refractivity contribution in [3.05, 3.63) is 35.9 Å². The van der Waals surface area contributed by atoms with E-state index >= 15 is 0 Å². The molecule has 1 aromatic heterocycles. The Kier molecular flexibility index (Phi) is 6.75. The molecular formula is C20H29N3O3. The van der Waals surface area contributed by atoms with Crippen molar-refractivity contribution in [3.63, 3.8) is 0 Å². The molecule has 0 radical (unpaired) electrons. The van der Waals surface area contributed by atoms with Crippen LogP contribution >= 0.6 is 0 Å². The first-order valence-electron chi connectivity index (χ1n) is 9.78. The first kappa shape index (κ1) is 18.5. The topological polar surface area (TPSA) is 74.6 Å². The SMILES string of the molecule is O=C(NCCCCC(=O)N1CCCC2CCCC=C21)NCc1ccco1. The standard InChI is InChI=1S/C20H29N3O3/c24-19(23-13-5-8-16-7-1-2-10-18(16)23)11-3-4-12-21-20(25)22-15-17-9-6-14-26-17/h6,9-10,14,16H,1-5,7-8,11-13,15H2,(H2,21,22,25). The number of amides is 3. The van der Waals surface area contributed by atoms with Gasteiger partial charge in [-0.1, -0.05) is 6.08 Å². The van der Waals surface area contributed by atoms with E-state index in [1.165, 1.54) is 25.0 Å². The molecule has 26 heavy (non-hydrogen) atoms. The first-order valence-corrected chi connectivity index (χ1v) is 9.78. The minimum Gasteiger partial charge on any atom is -0.467 e. The fraction of sp³-hybridized carbons (Fsp3) is 0.600. The third-order valence-electron chi connectivity index (χ3n) is 5.18. The Morgan fingerprint density at radius 3 is 2.92 bits per heavy atom. The van der Waals surface area contributed by atoms with E-state index in [-0.39, 0.29) is 11.9 Å². The summed E-state index contributed by atoms with van der Waals surface area (Å²) in [7, 11) is 0. The number of fused-ring (bicyclic) bond motifs is 1. The van der Waals surface area contributed by atoms with Gasteiger partial charge in [0.25, 0.3) is 0 Å². The van der Waals surface area contributed by atoms with Crippen molar-refractivity contribution in [2.24, 2.45) is 5.92 Å². The summed E-state index contributed by atoms with van der Waals surface area (Å²) in [6.45, 7) is 1.82. The lowest BCUT2D eigenvalue weighted by Gasteiger charge is -2.38. The van der Waals surface area contributed by atoms with Crippen LogP contribution in [0.4, 0.5) is 4.79 Å². The number of nitrogens with zero attached hydrogens (tertiary/aromatic N) is 1. The normalized spacial score (nSPS) is 19.5. The van der Waals surface area contributed by atoms with E-state index in [9.17, 15) is 9.59 Å². The van der Waals surface area contributed by atoms with Crippen LogP contribution in [0.3, 0.4) is 0 Å². The summed E-state index contributed by atoms with van der Waals surface area (Å²) in [5.74, 6) is 1.56. The van der Waals surface area contributed by atoms with Gasteiger partial charge in [0.05, 0.1) is 12.8 Å². The van der Waals surface area contributed by atoms with Crippen LogP contribution in [0, 0.1) is 5.92 Å². The van der Waals surface area contributed by atoms with Crippen LogP contribution in [0.2, 0.25) is 0 Å². The number of hydrogen-bond donors (Lipinski definition) is 2. The Labute approximate surface area is 155 Å². The van der Waals surface area contributed by atoms with E-state index in [1.807, 2.05) is 11.0 Å².